The van der Waals surface area contributed by atoms with Crippen LogP contribution in [0.5, 0.6) is 0 Å². The number of aromatic nitrogens is 2. The van der Waals surface area contributed by atoms with E-state index in [1.807, 2.05) is 12.1 Å². The van der Waals surface area contributed by atoms with Crippen molar-refractivity contribution in [3.8, 4) is 0 Å². The summed E-state index contributed by atoms with van der Waals surface area (Å²) >= 11 is 3.13. The minimum Gasteiger partial charge on any atom is -0.378 e. The molecular weight excluding hydrogens is 362 g/mol. The Labute approximate surface area is 142 Å². The normalized spacial score (nSPS) is 13.7. The fraction of sp³-hybridized carbons (Fsp3) is 0.250. The Morgan fingerprint density at radius 2 is 1.57 bits per heavy atom. The summed E-state index contributed by atoms with van der Waals surface area (Å²) in [6.07, 6.45) is 1.48. The van der Waals surface area contributed by atoms with E-state index in [9.17, 15) is 9.59 Å². The maximum Gasteiger partial charge on any atom is 0.168 e. The molecule has 1 aliphatic rings. The number of hydrogen-bond acceptors (Lipinski definition) is 6. The summed E-state index contributed by atoms with van der Waals surface area (Å²) in [4.78, 5) is 30.8. The van der Waals surface area contributed by atoms with E-state index in [-0.39, 0.29) is 0 Å². The fourth-order valence-electron chi connectivity index (χ4n) is 1.96. The number of halogens is 1. The maximum absolute atomic E-state index is 10.5. The van der Waals surface area contributed by atoms with Gasteiger partial charge in [0.1, 0.15) is 21.8 Å². The Balaban J connectivity index is 0.000000185. The van der Waals surface area contributed by atoms with Gasteiger partial charge >= 0.3 is 0 Å². The molecule has 0 atom stereocenters. The molecule has 120 valence electrons. The van der Waals surface area contributed by atoms with Crippen LogP contribution in [-0.4, -0.2) is 48.8 Å². The smallest absolute Gasteiger partial charge is 0.168 e. The molecule has 0 aliphatic carbocycles. The Morgan fingerprint density at radius 3 is 2.13 bits per heavy atom. The Kier molecular flexibility index (Phi) is 6.83. The van der Waals surface area contributed by atoms with E-state index in [0.29, 0.717) is 22.3 Å². The molecule has 0 N–H and O–H groups in total. The number of ether oxygens (including phenoxy) is 1. The van der Waals surface area contributed by atoms with Crippen molar-refractivity contribution in [2.75, 3.05) is 31.2 Å². The van der Waals surface area contributed by atoms with Crippen LogP contribution in [-0.2, 0) is 4.74 Å². The molecule has 2 aromatic heterocycles. The number of anilines is 1. The Bertz CT molecular complexity index is 661. The van der Waals surface area contributed by atoms with Crippen LogP contribution in [0.3, 0.4) is 0 Å². The summed E-state index contributed by atoms with van der Waals surface area (Å²) in [5, 5.41) is 0. The standard InChI is InChI=1S/C10H12N2O2.C6H4BrNO/c13-8-9-2-1-3-10(11-9)12-4-6-14-7-5-12;7-6-3-1-2-5(4-9)8-6/h1-3,8H,4-7H2;1-4H. The van der Waals surface area contributed by atoms with E-state index >= 15 is 0 Å². The zero-order valence-electron chi connectivity index (χ0n) is 12.4. The molecule has 2 aromatic rings. The molecule has 0 radical (unpaired) electrons. The van der Waals surface area contributed by atoms with Crippen molar-refractivity contribution >= 4 is 34.3 Å². The second-order valence-electron chi connectivity index (χ2n) is 4.64. The van der Waals surface area contributed by atoms with Gasteiger partial charge in [-0.2, -0.15) is 0 Å². The van der Waals surface area contributed by atoms with Gasteiger partial charge in [-0.05, 0) is 40.2 Å². The van der Waals surface area contributed by atoms with Crippen LogP contribution in [0.25, 0.3) is 0 Å². The van der Waals surface area contributed by atoms with Gasteiger partial charge in [-0.3, -0.25) is 9.59 Å². The third-order valence-corrected chi connectivity index (χ3v) is 3.51. The van der Waals surface area contributed by atoms with Crippen molar-refractivity contribution in [3.63, 3.8) is 0 Å². The highest BCUT2D eigenvalue weighted by molar-refractivity contribution is 9.10. The van der Waals surface area contributed by atoms with Crippen molar-refractivity contribution in [1.82, 2.24) is 9.97 Å². The summed E-state index contributed by atoms with van der Waals surface area (Å²) in [5.41, 5.74) is 0.929. The monoisotopic (exact) mass is 377 g/mol. The van der Waals surface area contributed by atoms with Crippen LogP contribution < -0.4 is 4.90 Å². The maximum atomic E-state index is 10.5. The highest BCUT2D eigenvalue weighted by Crippen LogP contribution is 2.12. The van der Waals surface area contributed by atoms with Crippen molar-refractivity contribution in [3.05, 3.63) is 52.4 Å². The van der Waals surface area contributed by atoms with Gasteiger partial charge in [-0.25, -0.2) is 9.97 Å². The van der Waals surface area contributed by atoms with Crippen molar-refractivity contribution in [2.24, 2.45) is 0 Å². The molecule has 0 spiro atoms. The first-order valence-corrected chi connectivity index (χ1v) is 7.85. The summed E-state index contributed by atoms with van der Waals surface area (Å²) in [6.45, 7) is 3.14. The second-order valence-corrected chi connectivity index (χ2v) is 5.45. The molecule has 3 heterocycles. The van der Waals surface area contributed by atoms with E-state index in [4.69, 9.17) is 4.74 Å². The van der Waals surface area contributed by atoms with Crippen LogP contribution in [0, 0.1) is 0 Å². The average molecular weight is 378 g/mol. The van der Waals surface area contributed by atoms with Crippen molar-refractivity contribution in [2.45, 2.75) is 0 Å². The van der Waals surface area contributed by atoms with Gasteiger partial charge < -0.3 is 9.64 Å². The van der Waals surface area contributed by atoms with Crippen LogP contribution in [0.1, 0.15) is 21.0 Å². The number of hydrogen-bond donors (Lipinski definition) is 0. The summed E-state index contributed by atoms with van der Waals surface area (Å²) in [5.74, 6) is 0.859. The highest BCUT2D eigenvalue weighted by Gasteiger charge is 2.11. The number of pyridine rings is 2. The number of morpholine rings is 1. The fourth-order valence-corrected chi connectivity index (χ4v) is 2.32. The van der Waals surface area contributed by atoms with Gasteiger partial charge in [0.15, 0.2) is 12.6 Å². The van der Waals surface area contributed by atoms with E-state index in [1.54, 1.807) is 24.3 Å². The molecule has 1 saturated heterocycles. The zero-order valence-corrected chi connectivity index (χ0v) is 14.0. The van der Waals surface area contributed by atoms with Gasteiger partial charge in [0.05, 0.1) is 13.2 Å². The molecule has 3 rings (SSSR count). The third kappa shape index (κ3) is 5.54. The Morgan fingerprint density at radius 1 is 0.957 bits per heavy atom. The van der Waals surface area contributed by atoms with E-state index in [0.717, 1.165) is 38.4 Å². The van der Waals surface area contributed by atoms with Gasteiger partial charge in [0.25, 0.3) is 0 Å². The van der Waals surface area contributed by atoms with Gasteiger partial charge in [-0.15, -0.1) is 0 Å². The number of aldehydes is 2. The lowest BCUT2D eigenvalue weighted by molar-refractivity contribution is 0.111. The molecule has 6 nitrogen and oxygen atoms in total. The van der Waals surface area contributed by atoms with Crippen LogP contribution in [0.4, 0.5) is 5.82 Å². The number of rotatable bonds is 3. The van der Waals surface area contributed by atoms with Gasteiger partial charge in [0, 0.05) is 13.1 Å². The summed E-state index contributed by atoms with van der Waals surface area (Å²) in [7, 11) is 0. The minimum atomic E-state index is 0.448. The lowest BCUT2D eigenvalue weighted by Crippen LogP contribution is -2.36. The average Bonchev–Trinajstić information content (AvgIpc) is 2.63. The first-order chi connectivity index (χ1) is 11.2. The molecule has 1 fully saturated rings. The lowest BCUT2D eigenvalue weighted by atomic mass is 10.3. The molecule has 0 aromatic carbocycles. The predicted molar refractivity (Wildman–Crippen MR) is 90.0 cm³/mol. The molecule has 23 heavy (non-hydrogen) atoms. The molecule has 0 amide bonds. The van der Waals surface area contributed by atoms with E-state index in [1.165, 1.54) is 0 Å². The molecular formula is C16H16BrN3O3. The first kappa shape index (κ1) is 17.2. The predicted octanol–water partition coefficient (Wildman–Crippen LogP) is 2.39. The lowest BCUT2D eigenvalue weighted by Gasteiger charge is -2.27. The number of nitrogens with zero attached hydrogens (tertiary/aromatic N) is 3. The van der Waals surface area contributed by atoms with E-state index < -0.39 is 0 Å². The van der Waals surface area contributed by atoms with Crippen LogP contribution >= 0.6 is 15.9 Å². The zero-order chi connectivity index (χ0) is 16.5. The summed E-state index contributed by atoms with van der Waals surface area (Å²) < 4.78 is 5.93. The Hall–Kier alpha value is -2.12. The third-order valence-electron chi connectivity index (χ3n) is 3.07. The van der Waals surface area contributed by atoms with E-state index in [2.05, 4.69) is 30.8 Å². The molecule has 1 aliphatic heterocycles. The largest absolute Gasteiger partial charge is 0.378 e. The topological polar surface area (TPSA) is 72.4 Å². The first-order valence-electron chi connectivity index (χ1n) is 7.05. The van der Waals surface area contributed by atoms with Crippen LogP contribution in [0.2, 0.25) is 0 Å². The summed E-state index contributed by atoms with van der Waals surface area (Å²) in [6, 6.07) is 10.7. The molecule has 0 bridgehead atoms. The molecule has 7 heteroatoms. The number of carbonyl (C=O) groups excluding carboxylic acids is 2. The van der Waals surface area contributed by atoms with Crippen LogP contribution in [0.15, 0.2) is 41.0 Å². The second kappa shape index (κ2) is 9.12. The molecule has 0 saturated carbocycles. The van der Waals surface area contributed by atoms with Gasteiger partial charge in [-0.1, -0.05) is 12.1 Å². The highest BCUT2D eigenvalue weighted by atomic mass is 79.9. The van der Waals surface area contributed by atoms with Crippen molar-refractivity contribution < 1.29 is 14.3 Å². The molecule has 0 unspecified atom stereocenters. The number of carbonyl (C=O) groups is 2. The minimum absolute atomic E-state index is 0.448. The van der Waals surface area contributed by atoms with Gasteiger partial charge in [0.2, 0.25) is 0 Å². The SMILES string of the molecule is O=Cc1cccc(Br)n1.O=Cc1cccc(N2CCOCC2)n1. The quantitative estimate of drug-likeness (QED) is 0.603. The van der Waals surface area contributed by atoms with Crippen molar-refractivity contribution in [1.29, 1.82) is 0 Å².